The molecule has 34 heavy (non-hydrogen) atoms. The molecule has 0 aliphatic carbocycles. The van der Waals surface area contributed by atoms with Gasteiger partial charge in [0.2, 0.25) is 0 Å². The van der Waals surface area contributed by atoms with Crippen LogP contribution in [-0.2, 0) is 9.53 Å². The fraction of sp³-hybridized carbons (Fsp3) is 0.208. The first-order valence-electron chi connectivity index (χ1n) is 10.2. The van der Waals surface area contributed by atoms with Crippen LogP contribution in [0.25, 0.3) is 0 Å². The van der Waals surface area contributed by atoms with E-state index in [0.29, 0.717) is 5.56 Å². The molecule has 178 valence electrons. The summed E-state index contributed by atoms with van der Waals surface area (Å²) >= 11 is 0. The molecule has 4 N–H and O–H groups in total. The first kappa shape index (κ1) is 23.1. The lowest BCUT2D eigenvalue weighted by atomic mass is 9.82. The Balaban J connectivity index is 1.84. The van der Waals surface area contributed by atoms with Gasteiger partial charge >= 0.3 is 5.97 Å². The van der Waals surface area contributed by atoms with Crippen LogP contribution in [0, 0.1) is 11.6 Å². The maximum Gasteiger partial charge on any atom is 0.325 e. The topological polar surface area (TPSA) is 120 Å². The number of phenolic OH excluding ortho intramolecular Hbond substituents is 3. The number of phenols is 3. The second-order valence-corrected chi connectivity index (χ2v) is 7.69. The standard InChI is InChI=1S/C24H21F2NO7/c1-33-23(32)11-27(4-5-28)17-3-2-12(6-20(17)31)24-13-7-15(25)18(29)9-21(13)34-22-10-19(30)16(26)8-14(22)24/h2-3,6-10,24,28-31H,4-5,11H2,1H3. The Morgan fingerprint density at radius 1 is 0.971 bits per heavy atom. The van der Waals surface area contributed by atoms with Crippen molar-refractivity contribution in [2.45, 2.75) is 5.92 Å². The molecule has 0 saturated heterocycles. The van der Waals surface area contributed by atoms with Gasteiger partial charge in [-0.3, -0.25) is 4.79 Å². The van der Waals surface area contributed by atoms with Crippen molar-refractivity contribution in [3.05, 3.63) is 70.8 Å². The molecule has 3 aromatic carbocycles. The van der Waals surface area contributed by atoms with Crippen LogP contribution in [0.5, 0.6) is 28.7 Å². The minimum absolute atomic E-state index is 0.0416. The van der Waals surface area contributed by atoms with Crippen LogP contribution in [0.2, 0.25) is 0 Å². The number of ether oxygens (including phenoxy) is 2. The van der Waals surface area contributed by atoms with Gasteiger partial charge in [0.15, 0.2) is 23.1 Å². The van der Waals surface area contributed by atoms with E-state index in [0.717, 1.165) is 24.3 Å². The molecule has 0 spiro atoms. The van der Waals surface area contributed by atoms with E-state index in [2.05, 4.69) is 4.74 Å². The van der Waals surface area contributed by atoms with Crippen molar-refractivity contribution < 1.29 is 43.5 Å². The van der Waals surface area contributed by atoms with Gasteiger partial charge in [-0.15, -0.1) is 0 Å². The summed E-state index contributed by atoms with van der Waals surface area (Å²) in [6.07, 6.45) is 0. The van der Waals surface area contributed by atoms with E-state index in [1.807, 2.05) is 0 Å². The number of carbonyl (C=O) groups is 1. The van der Waals surface area contributed by atoms with Crippen LogP contribution < -0.4 is 9.64 Å². The number of aliphatic hydroxyl groups excluding tert-OH is 1. The third-order valence-electron chi connectivity index (χ3n) is 5.59. The summed E-state index contributed by atoms with van der Waals surface area (Å²) in [6, 6.07) is 8.74. The first-order chi connectivity index (χ1) is 16.2. The molecule has 4 rings (SSSR count). The van der Waals surface area contributed by atoms with Gasteiger partial charge in [-0.25, -0.2) is 8.78 Å². The Bertz CT molecular complexity index is 1210. The number of hydrogen-bond donors (Lipinski definition) is 4. The largest absolute Gasteiger partial charge is 0.506 e. The molecule has 1 heterocycles. The Hall–Kier alpha value is -4.05. The molecule has 10 heteroatoms. The molecular weight excluding hydrogens is 452 g/mol. The molecule has 0 fully saturated rings. The molecule has 1 aliphatic heterocycles. The Morgan fingerprint density at radius 2 is 1.56 bits per heavy atom. The molecule has 0 radical (unpaired) electrons. The Morgan fingerprint density at radius 3 is 2.06 bits per heavy atom. The molecule has 1 aliphatic rings. The second kappa shape index (κ2) is 9.06. The SMILES string of the molecule is COC(=O)CN(CCO)c1ccc(C2c3cc(F)c(O)cc3Oc3cc(O)c(F)cc32)cc1O. The van der Waals surface area contributed by atoms with Crippen LogP contribution in [-0.4, -0.2) is 53.2 Å². The zero-order chi connectivity index (χ0) is 24.6. The number of esters is 1. The summed E-state index contributed by atoms with van der Waals surface area (Å²) in [7, 11) is 1.22. The summed E-state index contributed by atoms with van der Waals surface area (Å²) < 4.78 is 38.9. The van der Waals surface area contributed by atoms with E-state index < -0.39 is 35.0 Å². The number of fused-ring (bicyclic) bond motifs is 2. The molecular formula is C24H21F2NO7. The maximum absolute atomic E-state index is 14.3. The van der Waals surface area contributed by atoms with E-state index >= 15 is 0 Å². The second-order valence-electron chi connectivity index (χ2n) is 7.69. The van der Waals surface area contributed by atoms with E-state index in [4.69, 9.17) is 4.74 Å². The molecule has 8 nitrogen and oxygen atoms in total. The van der Waals surface area contributed by atoms with Crippen LogP contribution in [0.1, 0.15) is 22.6 Å². The van der Waals surface area contributed by atoms with Gasteiger partial charge in [-0.1, -0.05) is 6.07 Å². The van der Waals surface area contributed by atoms with Gasteiger partial charge in [-0.2, -0.15) is 0 Å². The van der Waals surface area contributed by atoms with Gasteiger partial charge in [0.1, 0.15) is 23.8 Å². The number of anilines is 1. The van der Waals surface area contributed by atoms with Crippen molar-refractivity contribution in [2.24, 2.45) is 0 Å². The molecule has 0 bridgehead atoms. The minimum atomic E-state index is -0.914. The van der Waals surface area contributed by atoms with Crippen molar-refractivity contribution in [3.63, 3.8) is 0 Å². The van der Waals surface area contributed by atoms with Gasteiger partial charge < -0.3 is 34.8 Å². The predicted molar refractivity (Wildman–Crippen MR) is 117 cm³/mol. The summed E-state index contributed by atoms with van der Waals surface area (Å²) in [6.45, 7) is -0.466. The van der Waals surface area contributed by atoms with E-state index in [9.17, 15) is 34.0 Å². The molecule has 3 aromatic rings. The minimum Gasteiger partial charge on any atom is -0.506 e. The monoisotopic (exact) mass is 473 g/mol. The van der Waals surface area contributed by atoms with Gasteiger partial charge in [0.05, 0.1) is 19.4 Å². The molecule has 0 unspecified atom stereocenters. The Kier molecular flexibility index (Phi) is 6.16. The number of halogens is 2. The summed E-state index contributed by atoms with van der Waals surface area (Å²) in [5.74, 6) is -4.57. The number of rotatable bonds is 6. The number of carbonyl (C=O) groups excluding carboxylic acids is 1. The predicted octanol–water partition coefficient (Wildman–Crippen LogP) is 3.34. The van der Waals surface area contributed by atoms with E-state index in [-0.39, 0.29) is 53.8 Å². The fourth-order valence-electron chi connectivity index (χ4n) is 4.00. The first-order valence-corrected chi connectivity index (χ1v) is 10.2. The normalized spacial score (nSPS) is 12.5. The van der Waals surface area contributed by atoms with Crippen LogP contribution in [0.4, 0.5) is 14.5 Å². The average molecular weight is 473 g/mol. The summed E-state index contributed by atoms with van der Waals surface area (Å²) in [5.41, 5.74) is 1.19. The molecule has 0 atom stereocenters. The quantitative estimate of drug-likeness (QED) is 0.315. The number of benzene rings is 3. The van der Waals surface area contributed by atoms with Crippen molar-refractivity contribution >= 4 is 11.7 Å². The maximum atomic E-state index is 14.3. The van der Waals surface area contributed by atoms with Crippen LogP contribution >= 0.6 is 0 Å². The van der Waals surface area contributed by atoms with Crippen molar-refractivity contribution in [1.82, 2.24) is 0 Å². The average Bonchev–Trinajstić information content (AvgIpc) is 2.79. The van der Waals surface area contributed by atoms with Gasteiger partial charge in [-0.05, 0) is 29.8 Å². The fourth-order valence-corrected chi connectivity index (χ4v) is 4.00. The number of methoxy groups -OCH3 is 1. The number of aromatic hydroxyl groups is 3. The van der Waals surface area contributed by atoms with Gasteiger partial charge in [0, 0.05) is 35.7 Å². The highest BCUT2D eigenvalue weighted by Gasteiger charge is 2.32. The highest BCUT2D eigenvalue weighted by molar-refractivity contribution is 5.77. The lowest BCUT2D eigenvalue weighted by Crippen LogP contribution is -2.33. The number of hydrogen-bond acceptors (Lipinski definition) is 8. The number of nitrogens with zero attached hydrogens (tertiary/aromatic N) is 1. The molecule has 0 amide bonds. The summed E-state index contributed by atoms with van der Waals surface area (Å²) in [4.78, 5) is 13.2. The highest BCUT2D eigenvalue weighted by Crippen LogP contribution is 2.50. The number of aliphatic hydroxyl groups is 1. The lowest BCUT2D eigenvalue weighted by Gasteiger charge is -2.30. The zero-order valence-corrected chi connectivity index (χ0v) is 18.0. The Labute approximate surface area is 192 Å². The van der Waals surface area contributed by atoms with Crippen LogP contribution in [0.15, 0.2) is 42.5 Å². The third-order valence-corrected chi connectivity index (χ3v) is 5.59. The third kappa shape index (κ3) is 4.15. The van der Waals surface area contributed by atoms with Crippen LogP contribution in [0.3, 0.4) is 0 Å². The zero-order valence-electron chi connectivity index (χ0n) is 18.0. The summed E-state index contributed by atoms with van der Waals surface area (Å²) in [5, 5.41) is 39.7. The molecule has 0 aromatic heterocycles. The van der Waals surface area contributed by atoms with Crippen molar-refractivity contribution in [2.75, 3.05) is 31.7 Å². The van der Waals surface area contributed by atoms with E-state index in [1.54, 1.807) is 6.07 Å². The van der Waals surface area contributed by atoms with Gasteiger partial charge in [0.25, 0.3) is 0 Å². The lowest BCUT2D eigenvalue weighted by molar-refractivity contribution is -0.138. The molecule has 0 saturated carbocycles. The smallest absolute Gasteiger partial charge is 0.325 e. The van der Waals surface area contributed by atoms with E-state index in [1.165, 1.54) is 24.1 Å². The van der Waals surface area contributed by atoms with Crippen molar-refractivity contribution in [1.29, 1.82) is 0 Å². The highest BCUT2D eigenvalue weighted by atomic mass is 19.1. The van der Waals surface area contributed by atoms with Crippen molar-refractivity contribution in [3.8, 4) is 28.7 Å².